The molecule has 0 fully saturated rings. The van der Waals surface area contributed by atoms with E-state index in [0.717, 1.165) is 17.1 Å². The maximum atomic E-state index is 11.9. The number of ether oxygens (including phenoxy) is 1. The topological polar surface area (TPSA) is 63.2 Å². The smallest absolute Gasteiger partial charge is 0.234 e. The Kier molecular flexibility index (Phi) is 12.2. The third-order valence-corrected chi connectivity index (χ3v) is 4.21. The maximum Gasteiger partial charge on any atom is 0.234 e. The summed E-state index contributed by atoms with van der Waals surface area (Å²) in [7, 11) is 1.64. The molecule has 2 N–H and O–H groups in total. The fourth-order valence-electron chi connectivity index (χ4n) is 1.63. The van der Waals surface area contributed by atoms with Gasteiger partial charge in [0.15, 0.2) is 0 Å². The van der Waals surface area contributed by atoms with Crippen LogP contribution >= 0.6 is 36.2 Å². The first-order valence-electron chi connectivity index (χ1n) is 6.45. The van der Waals surface area contributed by atoms with Gasteiger partial charge >= 0.3 is 0 Å². The number of nitrogens with one attached hydrogen (secondary N) is 2. The monoisotopic (exact) mass is 357 g/mol. The van der Waals surface area contributed by atoms with E-state index in [1.54, 1.807) is 18.4 Å². The molecular weight excluding hydrogens is 333 g/mol. The van der Waals surface area contributed by atoms with Crippen LogP contribution in [0.3, 0.4) is 0 Å². The van der Waals surface area contributed by atoms with Gasteiger partial charge in [-0.3, -0.25) is 4.79 Å². The van der Waals surface area contributed by atoms with Gasteiger partial charge in [0, 0.05) is 24.7 Å². The van der Waals surface area contributed by atoms with Gasteiger partial charge in [0.25, 0.3) is 0 Å². The number of amides is 1. The minimum Gasteiger partial charge on any atom is -0.383 e. The summed E-state index contributed by atoms with van der Waals surface area (Å²) in [5.74, 6) is -0.0201. The summed E-state index contributed by atoms with van der Waals surface area (Å²) in [6, 6.07) is 0. The number of aromatic nitrogens is 1. The van der Waals surface area contributed by atoms with Gasteiger partial charge < -0.3 is 15.4 Å². The summed E-state index contributed by atoms with van der Waals surface area (Å²) >= 11 is 1.59. The molecule has 1 aromatic rings. The van der Waals surface area contributed by atoms with Crippen LogP contribution in [0.25, 0.3) is 0 Å². The number of nitrogens with zero attached hydrogens (tertiary/aromatic N) is 1. The van der Waals surface area contributed by atoms with Crippen LogP contribution in [-0.2, 0) is 15.1 Å². The van der Waals surface area contributed by atoms with Crippen molar-refractivity contribution in [3.8, 4) is 0 Å². The summed E-state index contributed by atoms with van der Waals surface area (Å²) in [5, 5.41) is 9.05. The van der Waals surface area contributed by atoms with Crippen LogP contribution in [0, 0.1) is 6.92 Å². The van der Waals surface area contributed by atoms with Crippen LogP contribution in [-0.4, -0.2) is 37.7 Å². The predicted molar refractivity (Wildman–Crippen MR) is 91.9 cm³/mol. The number of halogens is 2. The third kappa shape index (κ3) is 7.42. The van der Waals surface area contributed by atoms with E-state index in [1.165, 1.54) is 0 Å². The van der Waals surface area contributed by atoms with E-state index >= 15 is 0 Å². The van der Waals surface area contributed by atoms with Gasteiger partial charge in [-0.05, 0) is 20.3 Å². The summed E-state index contributed by atoms with van der Waals surface area (Å²) in [4.78, 5) is 16.4. The molecule has 1 amide bonds. The quantitative estimate of drug-likeness (QED) is 0.700. The average molecular weight is 358 g/mol. The van der Waals surface area contributed by atoms with Crippen molar-refractivity contribution in [2.45, 2.75) is 32.7 Å². The van der Waals surface area contributed by atoms with E-state index in [1.807, 2.05) is 19.2 Å². The molecule has 1 rings (SSSR count). The molecule has 21 heavy (non-hydrogen) atoms. The van der Waals surface area contributed by atoms with Crippen LogP contribution in [0.15, 0.2) is 5.38 Å². The summed E-state index contributed by atoms with van der Waals surface area (Å²) in [6.07, 6.45) is 0.809. The largest absolute Gasteiger partial charge is 0.383 e. The Labute approximate surface area is 143 Å². The number of hydrogen-bond acceptors (Lipinski definition) is 5. The van der Waals surface area contributed by atoms with Gasteiger partial charge in [-0.15, -0.1) is 36.2 Å². The Bertz CT molecular complexity index is 418. The van der Waals surface area contributed by atoms with E-state index in [0.29, 0.717) is 19.7 Å². The van der Waals surface area contributed by atoms with Gasteiger partial charge in [-0.25, -0.2) is 4.98 Å². The van der Waals surface area contributed by atoms with Crippen LogP contribution in [0.1, 0.15) is 31.0 Å². The lowest BCUT2D eigenvalue weighted by atomic mass is 10.00. The van der Waals surface area contributed by atoms with Crippen molar-refractivity contribution in [2.24, 2.45) is 0 Å². The zero-order valence-electron chi connectivity index (χ0n) is 12.9. The minimum absolute atomic E-state index is 0. The Morgan fingerprint density at radius 2 is 2.14 bits per heavy atom. The standard InChI is InChI=1S/C13H23N3O2S.2ClH/c1-5-13(3,12-15-10(2)9-19-12)16-11(17)8-14-6-7-18-4;;/h9,14H,5-8H2,1-4H3,(H,16,17);2*1H. The molecule has 0 radical (unpaired) electrons. The molecule has 5 nitrogen and oxygen atoms in total. The Balaban J connectivity index is 0. The molecule has 124 valence electrons. The SMILES string of the molecule is CCC(C)(NC(=O)CNCCOC)c1nc(C)cs1.Cl.Cl. The molecule has 0 aliphatic heterocycles. The number of hydrogen-bond donors (Lipinski definition) is 2. The third-order valence-electron chi connectivity index (χ3n) is 2.98. The van der Waals surface area contributed by atoms with Crippen LogP contribution in [0.5, 0.6) is 0 Å². The normalized spacial score (nSPS) is 12.8. The number of methoxy groups -OCH3 is 1. The number of rotatable bonds is 8. The van der Waals surface area contributed by atoms with Crippen molar-refractivity contribution in [3.05, 3.63) is 16.1 Å². The van der Waals surface area contributed by atoms with Gasteiger partial charge in [0.1, 0.15) is 5.01 Å². The zero-order chi connectivity index (χ0) is 14.3. The Hall–Kier alpha value is -0.400. The second kappa shape index (κ2) is 11.2. The predicted octanol–water partition coefficient (Wildman–Crippen LogP) is 2.27. The second-order valence-corrected chi connectivity index (χ2v) is 5.56. The number of carbonyl (C=O) groups is 1. The number of aryl methyl sites for hydroxylation is 1. The molecule has 0 saturated carbocycles. The Morgan fingerprint density at radius 3 is 2.62 bits per heavy atom. The lowest BCUT2D eigenvalue weighted by Gasteiger charge is -2.27. The van der Waals surface area contributed by atoms with Crippen LogP contribution in [0.4, 0.5) is 0 Å². The van der Waals surface area contributed by atoms with Gasteiger partial charge in [-0.1, -0.05) is 6.92 Å². The van der Waals surface area contributed by atoms with E-state index in [9.17, 15) is 4.79 Å². The lowest BCUT2D eigenvalue weighted by molar-refractivity contribution is -0.122. The molecule has 8 heteroatoms. The average Bonchev–Trinajstić information content (AvgIpc) is 2.82. The van der Waals surface area contributed by atoms with Crippen LogP contribution in [0.2, 0.25) is 0 Å². The summed E-state index contributed by atoms with van der Waals surface area (Å²) < 4.78 is 4.92. The summed E-state index contributed by atoms with van der Waals surface area (Å²) in [6.45, 7) is 7.59. The van der Waals surface area contributed by atoms with Gasteiger partial charge in [0.05, 0.1) is 18.7 Å². The van der Waals surface area contributed by atoms with Crippen molar-refractivity contribution >= 4 is 42.1 Å². The molecule has 0 aliphatic carbocycles. The van der Waals surface area contributed by atoms with Crippen molar-refractivity contribution < 1.29 is 9.53 Å². The second-order valence-electron chi connectivity index (χ2n) is 4.70. The fourth-order valence-corrected chi connectivity index (χ4v) is 2.62. The highest BCUT2D eigenvalue weighted by Crippen LogP contribution is 2.27. The first-order chi connectivity index (χ1) is 9.01. The Morgan fingerprint density at radius 1 is 1.48 bits per heavy atom. The molecule has 0 bridgehead atoms. The number of carbonyl (C=O) groups excluding carboxylic acids is 1. The summed E-state index contributed by atoms with van der Waals surface area (Å²) in [5.41, 5.74) is 0.603. The van der Waals surface area contributed by atoms with E-state index in [4.69, 9.17) is 4.74 Å². The van der Waals surface area contributed by atoms with Crippen molar-refractivity contribution in [1.82, 2.24) is 15.6 Å². The van der Waals surface area contributed by atoms with Gasteiger partial charge in [-0.2, -0.15) is 0 Å². The minimum atomic E-state index is -0.390. The van der Waals surface area contributed by atoms with Crippen molar-refractivity contribution in [1.29, 1.82) is 0 Å². The highest BCUT2D eigenvalue weighted by atomic mass is 35.5. The fraction of sp³-hybridized carbons (Fsp3) is 0.692. The van der Waals surface area contributed by atoms with E-state index in [-0.39, 0.29) is 36.3 Å². The van der Waals surface area contributed by atoms with Crippen LogP contribution < -0.4 is 10.6 Å². The molecule has 1 aromatic heterocycles. The first kappa shape index (κ1) is 22.9. The molecular formula is C13H25Cl2N3O2S. The molecule has 0 spiro atoms. The molecule has 0 saturated heterocycles. The lowest BCUT2D eigenvalue weighted by Crippen LogP contribution is -2.46. The molecule has 0 aromatic carbocycles. The highest BCUT2D eigenvalue weighted by molar-refractivity contribution is 7.09. The maximum absolute atomic E-state index is 11.9. The van der Waals surface area contributed by atoms with E-state index in [2.05, 4.69) is 22.5 Å². The van der Waals surface area contributed by atoms with Gasteiger partial charge in [0.2, 0.25) is 5.91 Å². The van der Waals surface area contributed by atoms with Crippen molar-refractivity contribution in [3.63, 3.8) is 0 Å². The molecule has 1 unspecified atom stereocenters. The van der Waals surface area contributed by atoms with E-state index < -0.39 is 0 Å². The molecule has 1 heterocycles. The highest BCUT2D eigenvalue weighted by Gasteiger charge is 2.29. The number of thiazole rings is 1. The zero-order valence-corrected chi connectivity index (χ0v) is 15.3. The molecule has 1 atom stereocenters. The van der Waals surface area contributed by atoms with Crippen molar-refractivity contribution in [2.75, 3.05) is 26.8 Å². The first-order valence-corrected chi connectivity index (χ1v) is 7.33. The molecule has 0 aliphatic rings.